The molecule has 1 aliphatic rings. The summed E-state index contributed by atoms with van der Waals surface area (Å²) in [4.78, 5) is 12.0. The molecule has 3 rings (SSSR count). The number of hydrogen-bond donors (Lipinski definition) is 2. The van der Waals surface area contributed by atoms with E-state index in [-0.39, 0.29) is 5.56 Å². The fourth-order valence-corrected chi connectivity index (χ4v) is 2.67. The summed E-state index contributed by atoms with van der Waals surface area (Å²) in [5.41, 5.74) is 8.42. The smallest absolute Gasteiger partial charge is 0.252 e. The average Bonchev–Trinajstić information content (AvgIpc) is 3.14. The molecule has 4 heteroatoms. The number of hydrogen-bond acceptors (Lipinski definition) is 3. The zero-order chi connectivity index (χ0) is 13.6. The summed E-state index contributed by atoms with van der Waals surface area (Å²) in [5, 5.41) is 4.50. The van der Waals surface area contributed by atoms with Crippen LogP contribution in [0.2, 0.25) is 0 Å². The summed E-state index contributed by atoms with van der Waals surface area (Å²) in [6, 6.07) is 7.84. The molecule has 1 aromatic carbocycles. The lowest BCUT2D eigenvalue weighted by molar-refractivity contribution is 0.775. The van der Waals surface area contributed by atoms with Gasteiger partial charge < -0.3 is 15.6 Å². The van der Waals surface area contributed by atoms with Crippen LogP contribution in [0.5, 0.6) is 0 Å². The van der Waals surface area contributed by atoms with Gasteiger partial charge in [-0.3, -0.25) is 4.79 Å². The summed E-state index contributed by atoms with van der Waals surface area (Å²) in [5.74, 6) is 0.736. The minimum atomic E-state index is 0.00784. The Morgan fingerprint density at radius 3 is 2.89 bits per heavy atom. The van der Waals surface area contributed by atoms with Crippen LogP contribution >= 0.6 is 0 Å². The predicted molar refractivity (Wildman–Crippen MR) is 79.4 cm³/mol. The van der Waals surface area contributed by atoms with E-state index in [1.807, 2.05) is 18.2 Å². The molecule has 4 nitrogen and oxygen atoms in total. The number of aryl methyl sites for hydroxylation is 1. The topological polar surface area (TPSA) is 60.0 Å². The first-order chi connectivity index (χ1) is 9.10. The van der Waals surface area contributed by atoms with Crippen molar-refractivity contribution in [3.8, 4) is 0 Å². The second-order valence-electron chi connectivity index (χ2n) is 5.39. The lowest BCUT2D eigenvalue weighted by atomic mass is 10.1. The van der Waals surface area contributed by atoms with Gasteiger partial charge in [0.25, 0.3) is 5.56 Å². The van der Waals surface area contributed by atoms with Crippen LogP contribution in [0, 0.1) is 5.92 Å². The van der Waals surface area contributed by atoms with E-state index in [1.54, 1.807) is 17.7 Å². The monoisotopic (exact) mass is 257 g/mol. The summed E-state index contributed by atoms with van der Waals surface area (Å²) in [6.45, 7) is 2.20. The molecule has 3 N–H and O–H groups in total. The number of benzene rings is 1. The maximum Gasteiger partial charge on any atom is 0.252 e. The standard InChI is InChI=1S/C15H19N3O/c1-3-9-6-12(9)17-13-8-15(19)18(2)14-5-4-10(16)7-11(13)14/h4-5,7-9,12,17H,3,6,16H2,1-2H3. The van der Waals surface area contributed by atoms with Crippen molar-refractivity contribution in [2.45, 2.75) is 25.8 Å². The first-order valence-electron chi connectivity index (χ1n) is 6.76. The number of pyridine rings is 1. The van der Waals surface area contributed by atoms with E-state index in [1.165, 1.54) is 12.8 Å². The van der Waals surface area contributed by atoms with Crippen molar-refractivity contribution in [1.82, 2.24) is 4.57 Å². The van der Waals surface area contributed by atoms with Crippen molar-refractivity contribution >= 4 is 22.3 Å². The lowest BCUT2D eigenvalue weighted by Crippen LogP contribution is -2.18. The molecule has 0 aliphatic heterocycles. The van der Waals surface area contributed by atoms with Gasteiger partial charge in [-0.1, -0.05) is 13.3 Å². The van der Waals surface area contributed by atoms with Crippen LogP contribution in [0.15, 0.2) is 29.1 Å². The molecule has 1 aromatic heterocycles. The van der Waals surface area contributed by atoms with E-state index in [0.29, 0.717) is 6.04 Å². The Balaban J connectivity index is 2.10. The Bertz CT molecular complexity index is 690. The molecule has 2 unspecified atom stereocenters. The number of anilines is 2. The number of nitrogens with one attached hydrogen (secondary N) is 1. The van der Waals surface area contributed by atoms with Crippen LogP contribution in [-0.2, 0) is 7.05 Å². The molecular formula is C15H19N3O. The number of nitrogen functional groups attached to an aromatic ring is 1. The van der Waals surface area contributed by atoms with Crippen molar-refractivity contribution in [2.24, 2.45) is 13.0 Å². The van der Waals surface area contributed by atoms with E-state index in [9.17, 15) is 4.79 Å². The normalized spacial score (nSPS) is 21.6. The van der Waals surface area contributed by atoms with Crippen molar-refractivity contribution in [1.29, 1.82) is 0 Å². The van der Waals surface area contributed by atoms with Gasteiger partial charge >= 0.3 is 0 Å². The zero-order valence-electron chi connectivity index (χ0n) is 11.3. The third kappa shape index (κ3) is 2.07. The molecule has 2 aromatic rings. The molecule has 1 saturated carbocycles. The van der Waals surface area contributed by atoms with E-state index >= 15 is 0 Å². The van der Waals surface area contributed by atoms with Crippen LogP contribution in [0.3, 0.4) is 0 Å². The lowest BCUT2D eigenvalue weighted by Gasteiger charge is -2.12. The largest absolute Gasteiger partial charge is 0.399 e. The SMILES string of the molecule is CCC1CC1Nc1cc(=O)n(C)c2ccc(N)cc12. The number of fused-ring (bicyclic) bond motifs is 1. The molecule has 0 saturated heterocycles. The first kappa shape index (κ1) is 12.1. The highest BCUT2D eigenvalue weighted by atomic mass is 16.1. The zero-order valence-corrected chi connectivity index (χ0v) is 11.3. The van der Waals surface area contributed by atoms with E-state index in [0.717, 1.165) is 28.2 Å². The maximum absolute atomic E-state index is 12.0. The van der Waals surface area contributed by atoms with Gasteiger partial charge in [0.05, 0.1) is 5.52 Å². The van der Waals surface area contributed by atoms with Gasteiger partial charge in [0.2, 0.25) is 0 Å². The number of aromatic nitrogens is 1. The fourth-order valence-electron chi connectivity index (χ4n) is 2.67. The number of rotatable bonds is 3. The van der Waals surface area contributed by atoms with Crippen molar-refractivity contribution < 1.29 is 0 Å². The highest BCUT2D eigenvalue weighted by molar-refractivity contribution is 5.93. The molecule has 0 spiro atoms. The molecular weight excluding hydrogens is 238 g/mol. The molecule has 100 valence electrons. The molecule has 19 heavy (non-hydrogen) atoms. The van der Waals surface area contributed by atoms with E-state index < -0.39 is 0 Å². The first-order valence-corrected chi connectivity index (χ1v) is 6.76. The van der Waals surface area contributed by atoms with Crippen LogP contribution in [-0.4, -0.2) is 10.6 Å². The second kappa shape index (κ2) is 4.30. The fraction of sp³-hybridized carbons (Fsp3) is 0.400. The van der Waals surface area contributed by atoms with Gasteiger partial charge in [-0.2, -0.15) is 0 Å². The summed E-state index contributed by atoms with van der Waals surface area (Å²) >= 11 is 0. The summed E-state index contributed by atoms with van der Waals surface area (Å²) in [7, 11) is 1.79. The minimum Gasteiger partial charge on any atom is -0.399 e. The van der Waals surface area contributed by atoms with Gasteiger partial charge in [0, 0.05) is 35.9 Å². The molecule has 1 fully saturated rings. The van der Waals surface area contributed by atoms with Gasteiger partial charge in [-0.15, -0.1) is 0 Å². The van der Waals surface area contributed by atoms with Crippen LogP contribution in [0.1, 0.15) is 19.8 Å². The molecule has 0 bridgehead atoms. The van der Waals surface area contributed by atoms with E-state index in [4.69, 9.17) is 5.73 Å². The van der Waals surface area contributed by atoms with Crippen molar-refractivity contribution in [3.63, 3.8) is 0 Å². The molecule has 2 atom stereocenters. The molecule has 1 aliphatic carbocycles. The van der Waals surface area contributed by atoms with Gasteiger partial charge in [-0.05, 0) is 30.5 Å². The Morgan fingerprint density at radius 2 is 2.21 bits per heavy atom. The molecule has 0 radical (unpaired) electrons. The van der Waals surface area contributed by atoms with Crippen LogP contribution in [0.25, 0.3) is 10.9 Å². The van der Waals surface area contributed by atoms with Gasteiger partial charge in [0.15, 0.2) is 0 Å². The average molecular weight is 257 g/mol. The summed E-state index contributed by atoms with van der Waals surface area (Å²) < 4.78 is 1.66. The second-order valence-corrected chi connectivity index (χ2v) is 5.39. The summed E-state index contributed by atoms with van der Waals surface area (Å²) in [6.07, 6.45) is 2.37. The van der Waals surface area contributed by atoms with Crippen molar-refractivity contribution in [2.75, 3.05) is 11.1 Å². The Labute approximate surface area is 112 Å². The predicted octanol–water partition coefficient (Wildman–Crippen LogP) is 2.33. The quantitative estimate of drug-likeness (QED) is 0.830. The number of nitrogens with two attached hydrogens (primary N) is 1. The van der Waals surface area contributed by atoms with Gasteiger partial charge in [-0.25, -0.2) is 0 Å². The third-order valence-corrected chi connectivity index (χ3v) is 4.06. The van der Waals surface area contributed by atoms with Crippen LogP contribution in [0.4, 0.5) is 11.4 Å². The number of nitrogens with zero attached hydrogens (tertiary/aromatic N) is 1. The van der Waals surface area contributed by atoms with Crippen molar-refractivity contribution in [3.05, 3.63) is 34.6 Å². The highest BCUT2D eigenvalue weighted by Gasteiger charge is 2.35. The Hall–Kier alpha value is -1.97. The van der Waals surface area contributed by atoms with Gasteiger partial charge in [0.1, 0.15) is 0 Å². The maximum atomic E-state index is 12.0. The van der Waals surface area contributed by atoms with E-state index in [2.05, 4.69) is 12.2 Å². The highest BCUT2D eigenvalue weighted by Crippen LogP contribution is 2.37. The Morgan fingerprint density at radius 1 is 1.42 bits per heavy atom. The molecule has 0 amide bonds. The minimum absolute atomic E-state index is 0.00784. The van der Waals surface area contributed by atoms with Crippen LogP contribution < -0.4 is 16.6 Å². The Kier molecular flexibility index (Phi) is 2.73. The molecule has 1 heterocycles. The third-order valence-electron chi connectivity index (χ3n) is 4.06.